The normalized spacial score (nSPS) is 16.0. The highest BCUT2D eigenvalue weighted by Gasteiger charge is 2.18. The van der Waals surface area contributed by atoms with Crippen molar-refractivity contribution >= 4 is 40.3 Å². The number of hydrogen-bond acceptors (Lipinski definition) is 1. The van der Waals surface area contributed by atoms with Gasteiger partial charge in [0.15, 0.2) is 5.84 Å². The van der Waals surface area contributed by atoms with Gasteiger partial charge in [-0.25, -0.2) is 9.98 Å². The van der Waals surface area contributed by atoms with Crippen LogP contribution in [-0.4, -0.2) is 18.4 Å². The molecule has 2 aliphatic carbocycles. The number of amidine groups is 2. The van der Waals surface area contributed by atoms with Crippen LogP contribution in [0, 0.1) is 25.7 Å². The number of terminal acetylenes is 1. The molecule has 1 unspecified atom stereocenters. The fourth-order valence-corrected chi connectivity index (χ4v) is 6.71. The SMILES string of the molecule is C#C.C=NC(=NC(=NCc1ccccc1)C1C=C(C)C=CC1)c1ccccc1.CC/C(=C\C=C1/Cc2cccc3cccc1c23)c1ccccc1C. The van der Waals surface area contributed by atoms with E-state index in [1.54, 1.807) is 0 Å². The zero-order valence-corrected chi connectivity index (χ0v) is 30.5. The zero-order valence-electron chi connectivity index (χ0n) is 30.5. The van der Waals surface area contributed by atoms with Crippen molar-refractivity contribution in [3.05, 3.63) is 191 Å². The van der Waals surface area contributed by atoms with E-state index in [2.05, 4.69) is 149 Å². The molecule has 258 valence electrons. The number of nitrogens with zero attached hydrogens (tertiary/aromatic N) is 3. The van der Waals surface area contributed by atoms with Gasteiger partial charge in [0, 0.05) is 11.5 Å². The van der Waals surface area contributed by atoms with E-state index < -0.39 is 0 Å². The minimum Gasteiger partial charge on any atom is -0.265 e. The van der Waals surface area contributed by atoms with E-state index in [9.17, 15) is 0 Å². The van der Waals surface area contributed by atoms with Crippen molar-refractivity contribution in [2.24, 2.45) is 20.9 Å². The lowest BCUT2D eigenvalue weighted by molar-refractivity contribution is 0.834. The molecule has 5 aromatic carbocycles. The molecule has 5 aromatic rings. The van der Waals surface area contributed by atoms with Crippen molar-refractivity contribution in [3.63, 3.8) is 0 Å². The average molecular weight is 678 g/mol. The molecule has 3 heteroatoms. The summed E-state index contributed by atoms with van der Waals surface area (Å²) < 4.78 is 0. The van der Waals surface area contributed by atoms with Crippen LogP contribution in [0.1, 0.15) is 60.1 Å². The Morgan fingerprint density at radius 1 is 0.827 bits per heavy atom. The number of rotatable bonds is 7. The summed E-state index contributed by atoms with van der Waals surface area (Å²) in [5.41, 5.74) is 11.8. The Morgan fingerprint density at radius 2 is 1.52 bits per heavy atom. The first-order valence-electron chi connectivity index (χ1n) is 17.9. The van der Waals surface area contributed by atoms with E-state index in [1.165, 1.54) is 55.3 Å². The first kappa shape index (κ1) is 37.2. The standard InChI is InChI=1S/C24H22.C23H23N3.C2H2/c1-3-18(22-12-5-4-8-17(22)2)14-15-20-16-21-11-6-9-19-10-7-13-23(20)24(19)21;1-18-10-9-15-21(16-18)23(25-17-19-11-5-3-6-12-19)26-22(24-2)20-13-7-4-8-14-20;1-2/h4-15H,3,16H2,1-2H3;3-14,16,21H,2,15,17H2,1H3;1-2H/b18-14+,20-15+;;. The van der Waals surface area contributed by atoms with Gasteiger partial charge in [0.25, 0.3) is 0 Å². The van der Waals surface area contributed by atoms with Gasteiger partial charge in [0.05, 0.1) is 6.54 Å². The molecule has 0 saturated heterocycles. The molecule has 0 aromatic heterocycles. The Hall–Kier alpha value is -6.11. The van der Waals surface area contributed by atoms with Crippen molar-refractivity contribution in [2.75, 3.05) is 0 Å². The summed E-state index contributed by atoms with van der Waals surface area (Å²) >= 11 is 0. The lowest BCUT2D eigenvalue weighted by Gasteiger charge is -2.16. The van der Waals surface area contributed by atoms with Crippen molar-refractivity contribution in [1.82, 2.24) is 0 Å². The third-order valence-corrected chi connectivity index (χ3v) is 9.31. The van der Waals surface area contributed by atoms with Gasteiger partial charge in [-0.1, -0.05) is 164 Å². The first-order chi connectivity index (χ1) is 25.5. The topological polar surface area (TPSA) is 37.1 Å². The summed E-state index contributed by atoms with van der Waals surface area (Å²) in [6.07, 6.45) is 22.2. The fraction of sp³-hybridized carbons (Fsp3) is 0.163. The van der Waals surface area contributed by atoms with E-state index >= 15 is 0 Å². The number of aliphatic imine (C=N–C) groups is 3. The Morgan fingerprint density at radius 3 is 2.21 bits per heavy atom. The summed E-state index contributed by atoms with van der Waals surface area (Å²) in [5.74, 6) is 1.56. The van der Waals surface area contributed by atoms with Crippen molar-refractivity contribution in [2.45, 2.75) is 46.6 Å². The van der Waals surface area contributed by atoms with Gasteiger partial charge in [-0.05, 0) is 89.6 Å². The predicted octanol–water partition coefficient (Wildman–Crippen LogP) is 12.1. The van der Waals surface area contributed by atoms with Gasteiger partial charge < -0.3 is 0 Å². The van der Waals surface area contributed by atoms with Crippen LogP contribution in [0.15, 0.2) is 172 Å². The largest absolute Gasteiger partial charge is 0.265 e. The van der Waals surface area contributed by atoms with Crippen LogP contribution in [0.2, 0.25) is 0 Å². The van der Waals surface area contributed by atoms with Crippen LogP contribution in [-0.2, 0) is 13.0 Å². The van der Waals surface area contributed by atoms with Crippen LogP contribution >= 0.6 is 0 Å². The Balaban J connectivity index is 0.000000192. The molecule has 2 aliphatic rings. The molecular weight excluding hydrogens is 631 g/mol. The van der Waals surface area contributed by atoms with E-state index in [0.717, 1.165) is 30.7 Å². The number of allylic oxidation sites excluding steroid dienone is 7. The highest BCUT2D eigenvalue weighted by molar-refractivity contribution is 6.09. The summed E-state index contributed by atoms with van der Waals surface area (Å²) in [7, 11) is 0. The highest BCUT2D eigenvalue weighted by atomic mass is 15.0. The van der Waals surface area contributed by atoms with E-state index in [4.69, 9.17) is 9.98 Å². The second-order valence-corrected chi connectivity index (χ2v) is 12.8. The zero-order chi connectivity index (χ0) is 36.7. The Bertz CT molecular complexity index is 2190. The molecule has 0 heterocycles. The van der Waals surface area contributed by atoms with Gasteiger partial charge in [-0.15, -0.1) is 12.8 Å². The van der Waals surface area contributed by atoms with Gasteiger partial charge in [-0.2, -0.15) is 0 Å². The maximum Gasteiger partial charge on any atom is 0.160 e. The van der Waals surface area contributed by atoms with Crippen LogP contribution in [0.5, 0.6) is 0 Å². The fourth-order valence-electron chi connectivity index (χ4n) is 6.71. The molecule has 3 nitrogen and oxygen atoms in total. The second-order valence-electron chi connectivity index (χ2n) is 12.8. The van der Waals surface area contributed by atoms with E-state index in [1.807, 2.05) is 48.5 Å². The quantitative estimate of drug-likeness (QED) is 0.0934. The maximum atomic E-state index is 4.83. The van der Waals surface area contributed by atoms with Crippen LogP contribution < -0.4 is 0 Å². The smallest absolute Gasteiger partial charge is 0.160 e. The van der Waals surface area contributed by atoms with Gasteiger partial charge in [0.1, 0.15) is 5.84 Å². The molecule has 0 amide bonds. The summed E-state index contributed by atoms with van der Waals surface area (Å²) in [6.45, 7) is 10.8. The van der Waals surface area contributed by atoms with Crippen molar-refractivity contribution in [1.29, 1.82) is 0 Å². The van der Waals surface area contributed by atoms with Gasteiger partial charge in [-0.3, -0.25) is 4.99 Å². The van der Waals surface area contributed by atoms with Crippen molar-refractivity contribution < 1.29 is 0 Å². The molecule has 0 bridgehead atoms. The monoisotopic (exact) mass is 677 g/mol. The number of hydrogen-bond donors (Lipinski definition) is 0. The molecule has 0 radical (unpaired) electrons. The molecule has 0 fully saturated rings. The van der Waals surface area contributed by atoms with Crippen LogP contribution in [0.25, 0.3) is 21.9 Å². The lowest BCUT2D eigenvalue weighted by Crippen LogP contribution is -2.15. The minimum absolute atomic E-state index is 0.157. The van der Waals surface area contributed by atoms with Gasteiger partial charge in [0.2, 0.25) is 0 Å². The lowest BCUT2D eigenvalue weighted by atomic mass is 9.95. The van der Waals surface area contributed by atoms with E-state index in [-0.39, 0.29) is 5.92 Å². The predicted molar refractivity (Wildman–Crippen MR) is 226 cm³/mol. The second kappa shape index (κ2) is 18.8. The molecule has 0 aliphatic heterocycles. The molecular formula is C49H47N3. The summed E-state index contributed by atoms with van der Waals surface area (Å²) in [4.78, 5) is 13.8. The third-order valence-electron chi connectivity index (χ3n) is 9.31. The highest BCUT2D eigenvalue weighted by Crippen LogP contribution is 2.38. The van der Waals surface area contributed by atoms with Crippen LogP contribution in [0.4, 0.5) is 0 Å². The van der Waals surface area contributed by atoms with Crippen molar-refractivity contribution in [3.8, 4) is 12.8 Å². The third kappa shape index (κ3) is 9.36. The van der Waals surface area contributed by atoms with Crippen LogP contribution in [0.3, 0.4) is 0 Å². The maximum absolute atomic E-state index is 4.83. The number of benzene rings is 5. The molecule has 52 heavy (non-hydrogen) atoms. The molecule has 1 atom stereocenters. The average Bonchev–Trinajstić information content (AvgIpc) is 3.56. The molecule has 0 N–H and O–H groups in total. The summed E-state index contributed by atoms with van der Waals surface area (Å²) in [5, 5.41) is 2.79. The Kier molecular flexibility index (Phi) is 13.4. The molecule has 7 rings (SSSR count). The van der Waals surface area contributed by atoms with Gasteiger partial charge >= 0.3 is 0 Å². The minimum atomic E-state index is 0.157. The molecule has 0 saturated carbocycles. The first-order valence-corrected chi connectivity index (χ1v) is 17.9. The summed E-state index contributed by atoms with van der Waals surface area (Å²) in [6, 6.07) is 42.1. The van der Waals surface area contributed by atoms with E-state index in [0.29, 0.717) is 12.4 Å². The number of aryl methyl sites for hydroxylation is 1. The Labute approximate surface area is 310 Å². The molecule has 0 spiro atoms.